The molecule has 0 aliphatic carbocycles. The van der Waals surface area contributed by atoms with Gasteiger partial charge in [-0.25, -0.2) is 14.1 Å². The van der Waals surface area contributed by atoms with E-state index >= 15 is 0 Å². The number of rotatable bonds is 3. The highest BCUT2D eigenvalue weighted by molar-refractivity contribution is 6.10. The van der Waals surface area contributed by atoms with E-state index in [1.807, 2.05) is 17.0 Å². The van der Waals surface area contributed by atoms with Crippen LogP contribution in [-0.4, -0.2) is 50.0 Å². The van der Waals surface area contributed by atoms with Crippen molar-refractivity contribution in [1.82, 2.24) is 19.7 Å². The van der Waals surface area contributed by atoms with Gasteiger partial charge in [-0.15, -0.1) is 0 Å². The van der Waals surface area contributed by atoms with Gasteiger partial charge in [0.15, 0.2) is 5.75 Å². The summed E-state index contributed by atoms with van der Waals surface area (Å²) in [5.74, 6) is 0.462. The molecular weight excluding hydrogens is 363 g/mol. The molecule has 3 aromatic rings. The van der Waals surface area contributed by atoms with E-state index in [-0.39, 0.29) is 18.2 Å². The van der Waals surface area contributed by atoms with Gasteiger partial charge in [0.05, 0.1) is 48.1 Å². The van der Waals surface area contributed by atoms with Crippen LogP contribution in [0.5, 0.6) is 5.75 Å². The van der Waals surface area contributed by atoms with Crippen molar-refractivity contribution in [1.29, 1.82) is 0 Å². The topological polar surface area (TPSA) is 87.4 Å². The van der Waals surface area contributed by atoms with Gasteiger partial charge < -0.3 is 10.0 Å². The van der Waals surface area contributed by atoms with E-state index in [4.69, 9.17) is 0 Å². The summed E-state index contributed by atoms with van der Waals surface area (Å²) >= 11 is 0. The molecule has 5 heterocycles. The molecule has 0 saturated carbocycles. The van der Waals surface area contributed by atoms with Gasteiger partial charge in [0, 0.05) is 18.9 Å². The quantitative estimate of drug-likeness (QED) is 0.749. The van der Waals surface area contributed by atoms with E-state index in [9.17, 15) is 14.3 Å². The molecule has 28 heavy (non-hydrogen) atoms. The van der Waals surface area contributed by atoms with Crippen molar-refractivity contribution in [3.63, 3.8) is 0 Å². The number of amides is 1. The number of nitrogens with zero attached hydrogens (tertiary/aromatic N) is 6. The molecule has 2 aliphatic heterocycles. The van der Waals surface area contributed by atoms with E-state index in [2.05, 4.69) is 15.1 Å². The summed E-state index contributed by atoms with van der Waals surface area (Å²) in [5, 5.41) is 14.5. The van der Waals surface area contributed by atoms with Gasteiger partial charge in [0.25, 0.3) is 5.91 Å². The number of alkyl halides is 1. The van der Waals surface area contributed by atoms with E-state index in [1.54, 1.807) is 23.1 Å². The summed E-state index contributed by atoms with van der Waals surface area (Å²) in [4.78, 5) is 24.4. The molecule has 1 N–H and O–H groups in total. The zero-order valence-electron chi connectivity index (χ0n) is 14.9. The van der Waals surface area contributed by atoms with Crippen LogP contribution in [0.25, 0.3) is 5.69 Å². The summed E-state index contributed by atoms with van der Waals surface area (Å²) in [7, 11) is 0. The maximum Gasteiger partial charge on any atom is 0.262 e. The largest absolute Gasteiger partial charge is 0.504 e. The predicted octanol–water partition coefficient (Wildman–Crippen LogP) is 2.08. The monoisotopic (exact) mass is 380 g/mol. The van der Waals surface area contributed by atoms with Crippen LogP contribution >= 0.6 is 0 Å². The summed E-state index contributed by atoms with van der Waals surface area (Å²) < 4.78 is 15.0. The lowest BCUT2D eigenvalue weighted by atomic mass is 10.3. The number of carbonyl (C=O) groups excluding carboxylic acids is 1. The Balaban J connectivity index is 1.38. The molecule has 1 saturated heterocycles. The van der Waals surface area contributed by atoms with Crippen molar-refractivity contribution < 1.29 is 14.3 Å². The highest BCUT2D eigenvalue weighted by Crippen LogP contribution is 2.33. The highest BCUT2D eigenvalue weighted by Gasteiger charge is 2.33. The molecular formula is C19H17FN6O2. The SMILES string of the molecule is O=C1c2cn(-c3ccc(N4CC[C@@H](F)C4)nc3)nc2CN1c1ccncc1O. The molecule has 3 aromatic heterocycles. The molecule has 8 nitrogen and oxygen atoms in total. The van der Waals surface area contributed by atoms with Gasteiger partial charge in [-0.2, -0.15) is 5.10 Å². The van der Waals surface area contributed by atoms with Crippen LogP contribution in [0, 0.1) is 0 Å². The normalized spacial score (nSPS) is 18.8. The minimum absolute atomic E-state index is 0.0499. The van der Waals surface area contributed by atoms with E-state index in [1.165, 1.54) is 17.3 Å². The number of anilines is 2. The first-order chi connectivity index (χ1) is 13.6. The summed E-state index contributed by atoms with van der Waals surface area (Å²) in [6, 6.07) is 5.28. The van der Waals surface area contributed by atoms with Gasteiger partial charge in [-0.1, -0.05) is 0 Å². The Kier molecular flexibility index (Phi) is 3.75. The Bertz CT molecular complexity index is 1050. The number of aromatic nitrogens is 4. The van der Waals surface area contributed by atoms with Crippen molar-refractivity contribution in [2.45, 2.75) is 19.1 Å². The molecule has 9 heteroatoms. The minimum atomic E-state index is -0.802. The van der Waals surface area contributed by atoms with Gasteiger partial charge >= 0.3 is 0 Å². The first kappa shape index (κ1) is 16.7. The number of fused-ring (bicyclic) bond motifs is 1. The lowest BCUT2D eigenvalue weighted by Gasteiger charge is -2.17. The number of halogens is 1. The number of hydrogen-bond acceptors (Lipinski definition) is 6. The summed E-state index contributed by atoms with van der Waals surface area (Å²) in [5.41, 5.74) is 2.25. The zero-order chi connectivity index (χ0) is 19.3. The molecule has 1 fully saturated rings. The lowest BCUT2D eigenvalue weighted by molar-refractivity contribution is 0.0995. The van der Waals surface area contributed by atoms with Crippen LogP contribution in [0.3, 0.4) is 0 Å². The third-order valence-corrected chi connectivity index (χ3v) is 5.09. The fraction of sp³-hybridized carbons (Fsp3) is 0.263. The van der Waals surface area contributed by atoms with Crippen molar-refractivity contribution in [3.8, 4) is 11.4 Å². The fourth-order valence-corrected chi connectivity index (χ4v) is 3.63. The van der Waals surface area contributed by atoms with Crippen LogP contribution in [0.2, 0.25) is 0 Å². The van der Waals surface area contributed by atoms with Crippen molar-refractivity contribution in [2.24, 2.45) is 0 Å². The second-order valence-electron chi connectivity index (χ2n) is 6.90. The highest BCUT2D eigenvalue weighted by atomic mass is 19.1. The first-order valence-corrected chi connectivity index (χ1v) is 8.99. The third-order valence-electron chi connectivity index (χ3n) is 5.09. The number of pyridine rings is 2. The van der Waals surface area contributed by atoms with E-state index in [0.717, 1.165) is 11.5 Å². The van der Waals surface area contributed by atoms with E-state index < -0.39 is 6.17 Å². The molecule has 142 valence electrons. The van der Waals surface area contributed by atoms with Gasteiger partial charge in [0.1, 0.15) is 12.0 Å². The molecule has 0 spiro atoms. The fourth-order valence-electron chi connectivity index (χ4n) is 3.63. The average Bonchev–Trinajstić information content (AvgIpc) is 3.39. The second kappa shape index (κ2) is 6.29. The third kappa shape index (κ3) is 2.67. The molecule has 1 amide bonds. The van der Waals surface area contributed by atoms with Crippen LogP contribution in [-0.2, 0) is 6.54 Å². The molecule has 0 aromatic carbocycles. The Morgan fingerprint density at radius 2 is 2.11 bits per heavy atom. The standard InChI is InChI=1S/C19H17FN6O2/c20-12-4-6-24(9-12)18-2-1-13(7-22-18)26-10-14-15(23-26)11-25(19(14)28)16-3-5-21-8-17(16)27/h1-3,5,7-8,10,12,27H,4,6,9,11H2/t12-/m1/s1. The van der Waals surface area contributed by atoms with Crippen LogP contribution in [0.15, 0.2) is 43.0 Å². The second-order valence-corrected chi connectivity index (χ2v) is 6.90. The summed E-state index contributed by atoms with van der Waals surface area (Å²) in [6.45, 7) is 1.31. The smallest absolute Gasteiger partial charge is 0.262 e. The molecule has 1 atom stereocenters. The van der Waals surface area contributed by atoms with Gasteiger partial charge in [0.2, 0.25) is 0 Å². The van der Waals surface area contributed by atoms with Crippen molar-refractivity contribution in [3.05, 3.63) is 54.2 Å². The maximum absolute atomic E-state index is 13.4. The van der Waals surface area contributed by atoms with Gasteiger partial charge in [-0.3, -0.25) is 14.7 Å². The Hall–Kier alpha value is -3.49. The maximum atomic E-state index is 13.4. The minimum Gasteiger partial charge on any atom is -0.504 e. The number of carbonyl (C=O) groups is 1. The van der Waals surface area contributed by atoms with Crippen molar-refractivity contribution in [2.75, 3.05) is 22.9 Å². The molecule has 0 bridgehead atoms. The Morgan fingerprint density at radius 3 is 2.79 bits per heavy atom. The Morgan fingerprint density at radius 1 is 1.21 bits per heavy atom. The van der Waals surface area contributed by atoms with Crippen LogP contribution < -0.4 is 9.80 Å². The van der Waals surface area contributed by atoms with E-state index in [0.29, 0.717) is 36.5 Å². The zero-order valence-corrected chi connectivity index (χ0v) is 14.9. The molecule has 0 radical (unpaired) electrons. The molecule has 2 aliphatic rings. The lowest BCUT2D eigenvalue weighted by Crippen LogP contribution is -2.24. The van der Waals surface area contributed by atoms with Crippen molar-refractivity contribution >= 4 is 17.4 Å². The predicted molar refractivity (Wildman–Crippen MR) is 99.5 cm³/mol. The Labute approximate surface area is 159 Å². The number of aromatic hydroxyl groups is 1. The molecule has 5 rings (SSSR count). The van der Waals surface area contributed by atoms with Gasteiger partial charge in [-0.05, 0) is 24.6 Å². The average molecular weight is 380 g/mol. The molecule has 0 unspecified atom stereocenters. The van der Waals surface area contributed by atoms with Crippen LogP contribution in [0.1, 0.15) is 22.5 Å². The summed E-state index contributed by atoms with van der Waals surface area (Å²) in [6.07, 6.45) is 5.89. The first-order valence-electron chi connectivity index (χ1n) is 8.99. The van der Waals surface area contributed by atoms with Crippen LogP contribution in [0.4, 0.5) is 15.9 Å². The number of hydrogen-bond donors (Lipinski definition) is 1.